The lowest BCUT2D eigenvalue weighted by Crippen LogP contribution is -2.33. The number of nitrogens with zero attached hydrogens (tertiary/aromatic N) is 2. The summed E-state index contributed by atoms with van der Waals surface area (Å²) < 4.78 is 12.7. The van der Waals surface area contributed by atoms with Crippen molar-refractivity contribution in [3.05, 3.63) is 65.7 Å². The number of aromatic nitrogens is 2. The molecule has 0 radical (unpaired) electrons. The van der Waals surface area contributed by atoms with Gasteiger partial charge in [0.05, 0.1) is 11.6 Å². The Balaban J connectivity index is 1.95. The fraction of sp³-hybridized carbons (Fsp3) is 0.304. The first-order valence-corrected chi connectivity index (χ1v) is 18.1. The molecule has 0 fully saturated rings. The summed E-state index contributed by atoms with van der Waals surface area (Å²) in [6, 6.07) is 19.0. The van der Waals surface area contributed by atoms with Crippen LogP contribution in [0.4, 0.5) is 5.69 Å². The fourth-order valence-electron chi connectivity index (χ4n) is 3.32. The molecule has 3 aromatic rings. The molecular formula is C23H29N3O2SSi2. The molecule has 1 aliphatic heterocycles. The maximum Gasteiger partial charge on any atom is 0.306 e. The van der Waals surface area contributed by atoms with Gasteiger partial charge in [-0.1, -0.05) is 54.2 Å². The number of hydrogen-bond acceptors (Lipinski definition) is 6. The molecule has 4 rings (SSSR count). The molecule has 2 heterocycles. The van der Waals surface area contributed by atoms with Gasteiger partial charge in [-0.2, -0.15) is 9.97 Å². The van der Waals surface area contributed by atoms with Crippen LogP contribution in [0.2, 0.25) is 39.3 Å². The number of hydrogen-bond donors (Lipinski definition) is 1. The molecule has 0 aliphatic carbocycles. The van der Waals surface area contributed by atoms with Crippen molar-refractivity contribution in [2.75, 3.05) is 5.32 Å². The quantitative estimate of drug-likeness (QED) is 0.338. The minimum Gasteiger partial charge on any atom is -0.531 e. The van der Waals surface area contributed by atoms with Gasteiger partial charge in [0.25, 0.3) is 0 Å². The van der Waals surface area contributed by atoms with E-state index in [0.29, 0.717) is 11.9 Å². The zero-order valence-electron chi connectivity index (χ0n) is 18.9. The summed E-state index contributed by atoms with van der Waals surface area (Å²) >= 11 is 1.64. The summed E-state index contributed by atoms with van der Waals surface area (Å²) in [5, 5.41) is 4.61. The summed E-state index contributed by atoms with van der Waals surface area (Å²) in [6.45, 7) is 12.9. The predicted octanol–water partition coefficient (Wildman–Crippen LogP) is 6.57. The Morgan fingerprint density at radius 2 is 1.45 bits per heavy atom. The molecule has 1 aliphatic rings. The third-order valence-corrected chi connectivity index (χ3v) is 7.15. The van der Waals surface area contributed by atoms with E-state index in [1.807, 2.05) is 6.07 Å². The van der Waals surface area contributed by atoms with Crippen LogP contribution in [0.3, 0.4) is 0 Å². The Bertz CT molecular complexity index is 1080. The van der Waals surface area contributed by atoms with Crippen LogP contribution in [-0.2, 0) is 0 Å². The molecule has 0 saturated carbocycles. The standard InChI is InChI=1S/C23H29N3O2SSi2/c1-30(2,3)27-21-19-20(16-12-8-7-9-13-16)24-17-14-10-11-15-18(17)29-22(19)26-23(25-21)28-31(4,5)6/h7-15,20,24H,1-6H3. The number of rotatable bonds is 5. The lowest BCUT2D eigenvalue weighted by Gasteiger charge is -2.27. The van der Waals surface area contributed by atoms with Gasteiger partial charge in [-0.3, -0.25) is 0 Å². The Morgan fingerprint density at radius 3 is 2.13 bits per heavy atom. The third kappa shape index (κ3) is 5.31. The van der Waals surface area contributed by atoms with Crippen molar-refractivity contribution in [1.29, 1.82) is 0 Å². The van der Waals surface area contributed by atoms with E-state index in [1.165, 1.54) is 0 Å². The summed E-state index contributed by atoms with van der Waals surface area (Å²) in [4.78, 5) is 10.8. The van der Waals surface area contributed by atoms with Crippen molar-refractivity contribution in [2.45, 2.75) is 55.2 Å². The van der Waals surface area contributed by atoms with Crippen LogP contribution in [0.1, 0.15) is 17.2 Å². The highest BCUT2D eigenvalue weighted by Crippen LogP contribution is 2.47. The van der Waals surface area contributed by atoms with E-state index in [0.717, 1.165) is 26.7 Å². The highest BCUT2D eigenvalue weighted by atomic mass is 32.2. The van der Waals surface area contributed by atoms with E-state index >= 15 is 0 Å². The minimum atomic E-state index is -1.94. The van der Waals surface area contributed by atoms with Gasteiger partial charge in [-0.05, 0) is 57.0 Å². The van der Waals surface area contributed by atoms with Crippen molar-refractivity contribution in [2.24, 2.45) is 0 Å². The molecule has 162 valence electrons. The molecule has 0 bridgehead atoms. The van der Waals surface area contributed by atoms with Gasteiger partial charge in [0.15, 0.2) is 0 Å². The molecule has 31 heavy (non-hydrogen) atoms. The van der Waals surface area contributed by atoms with Gasteiger partial charge >= 0.3 is 6.01 Å². The van der Waals surface area contributed by atoms with Gasteiger partial charge < -0.3 is 14.2 Å². The van der Waals surface area contributed by atoms with E-state index < -0.39 is 16.6 Å². The van der Waals surface area contributed by atoms with E-state index in [9.17, 15) is 0 Å². The topological polar surface area (TPSA) is 56.3 Å². The Hall–Kier alpha value is -2.30. The van der Waals surface area contributed by atoms with Crippen LogP contribution >= 0.6 is 11.8 Å². The first-order chi connectivity index (χ1) is 14.6. The molecule has 1 atom stereocenters. The smallest absolute Gasteiger partial charge is 0.306 e. The molecule has 2 aromatic carbocycles. The van der Waals surface area contributed by atoms with Gasteiger partial charge in [-0.25, -0.2) is 0 Å². The van der Waals surface area contributed by atoms with Crippen molar-refractivity contribution in [1.82, 2.24) is 9.97 Å². The Morgan fingerprint density at radius 1 is 0.806 bits per heavy atom. The van der Waals surface area contributed by atoms with Crippen LogP contribution in [0.25, 0.3) is 0 Å². The molecule has 0 amide bonds. The Labute approximate surface area is 190 Å². The first kappa shape index (κ1) is 21.9. The van der Waals surface area contributed by atoms with Crippen LogP contribution < -0.4 is 14.2 Å². The number of nitrogens with one attached hydrogen (secondary N) is 1. The second-order valence-electron chi connectivity index (χ2n) is 9.55. The zero-order chi connectivity index (χ0) is 22.2. The van der Waals surface area contributed by atoms with Crippen molar-refractivity contribution in [3.63, 3.8) is 0 Å². The van der Waals surface area contributed by atoms with Gasteiger partial charge in [0.2, 0.25) is 22.5 Å². The highest BCUT2D eigenvalue weighted by Gasteiger charge is 2.33. The molecule has 8 heteroatoms. The molecule has 1 aromatic heterocycles. The highest BCUT2D eigenvalue weighted by molar-refractivity contribution is 7.99. The predicted molar refractivity (Wildman–Crippen MR) is 132 cm³/mol. The van der Waals surface area contributed by atoms with Crippen LogP contribution in [0, 0.1) is 0 Å². The summed E-state index contributed by atoms with van der Waals surface area (Å²) in [7, 11) is -3.82. The normalized spacial score (nSPS) is 15.9. The monoisotopic (exact) mass is 467 g/mol. The first-order valence-electron chi connectivity index (χ1n) is 10.5. The van der Waals surface area contributed by atoms with E-state index in [-0.39, 0.29) is 6.04 Å². The second-order valence-corrected chi connectivity index (χ2v) is 19.4. The van der Waals surface area contributed by atoms with Crippen LogP contribution in [-0.4, -0.2) is 26.6 Å². The number of benzene rings is 2. The van der Waals surface area contributed by atoms with E-state index in [1.54, 1.807) is 11.8 Å². The molecule has 0 saturated heterocycles. The second kappa shape index (κ2) is 8.33. The minimum absolute atomic E-state index is 0.125. The largest absolute Gasteiger partial charge is 0.531 e. The van der Waals surface area contributed by atoms with E-state index in [4.69, 9.17) is 18.8 Å². The van der Waals surface area contributed by atoms with Gasteiger partial charge in [0.1, 0.15) is 5.03 Å². The number of para-hydroxylation sites is 1. The molecule has 0 spiro atoms. The van der Waals surface area contributed by atoms with Crippen LogP contribution in [0.15, 0.2) is 64.5 Å². The Kier molecular flexibility index (Phi) is 5.89. The SMILES string of the molecule is C[Si](C)(C)Oc1nc(O[Si](C)(C)C)c2c(n1)Sc1ccccc1NC2c1ccccc1. The van der Waals surface area contributed by atoms with E-state index in [2.05, 4.69) is 93.1 Å². The van der Waals surface area contributed by atoms with Crippen molar-refractivity contribution < 1.29 is 8.85 Å². The summed E-state index contributed by atoms with van der Waals surface area (Å²) in [5.41, 5.74) is 3.19. The third-order valence-electron chi connectivity index (χ3n) is 4.47. The lowest BCUT2D eigenvalue weighted by molar-refractivity contribution is 0.460. The average molecular weight is 468 g/mol. The van der Waals surface area contributed by atoms with Gasteiger partial charge in [-0.15, -0.1) is 0 Å². The van der Waals surface area contributed by atoms with Crippen molar-refractivity contribution >= 4 is 34.1 Å². The van der Waals surface area contributed by atoms with Crippen LogP contribution in [0.5, 0.6) is 11.9 Å². The number of anilines is 1. The molecule has 5 nitrogen and oxygen atoms in total. The fourth-order valence-corrected chi connectivity index (χ4v) is 5.73. The number of fused-ring (bicyclic) bond motifs is 2. The van der Waals surface area contributed by atoms with Gasteiger partial charge in [0, 0.05) is 10.6 Å². The van der Waals surface area contributed by atoms with Crippen molar-refractivity contribution in [3.8, 4) is 11.9 Å². The zero-order valence-corrected chi connectivity index (χ0v) is 21.7. The molecule has 1 N–H and O–H groups in total. The molecule has 1 unspecified atom stereocenters. The lowest BCUT2D eigenvalue weighted by atomic mass is 10.0. The summed E-state index contributed by atoms with van der Waals surface area (Å²) in [5.74, 6) is 0.624. The average Bonchev–Trinajstić information content (AvgIpc) is 2.82. The maximum absolute atomic E-state index is 6.53. The summed E-state index contributed by atoms with van der Waals surface area (Å²) in [6.07, 6.45) is 0. The maximum atomic E-state index is 6.53. The molecular weight excluding hydrogens is 439 g/mol.